The quantitative estimate of drug-likeness (QED) is 0.447. The fourth-order valence-corrected chi connectivity index (χ4v) is 4.55. The summed E-state index contributed by atoms with van der Waals surface area (Å²) in [6, 6.07) is 12.0. The largest absolute Gasteiger partial charge is 0.454 e. The lowest BCUT2D eigenvalue weighted by atomic mass is 10.2. The van der Waals surface area contributed by atoms with E-state index >= 15 is 0 Å². The molecule has 28 heavy (non-hydrogen) atoms. The van der Waals surface area contributed by atoms with Gasteiger partial charge in [0.25, 0.3) is 0 Å². The normalized spacial score (nSPS) is 11.6. The molecule has 9 heteroatoms. The van der Waals surface area contributed by atoms with Crippen molar-refractivity contribution in [2.45, 2.75) is 9.79 Å². The van der Waals surface area contributed by atoms with Crippen LogP contribution < -0.4 is 10.5 Å². The van der Waals surface area contributed by atoms with Crippen LogP contribution in [0.4, 0.5) is 5.69 Å². The van der Waals surface area contributed by atoms with Crippen molar-refractivity contribution in [2.75, 3.05) is 5.73 Å². The number of nitrogens with two attached hydrogens (primary N) is 1. The second-order valence-corrected chi connectivity index (χ2v) is 8.55. The van der Waals surface area contributed by atoms with Gasteiger partial charge in [-0.25, -0.2) is 8.42 Å². The molecule has 2 aromatic heterocycles. The molecule has 0 saturated heterocycles. The van der Waals surface area contributed by atoms with Gasteiger partial charge in [-0.05, 0) is 36.4 Å². The van der Waals surface area contributed by atoms with Gasteiger partial charge in [-0.1, -0.05) is 23.2 Å². The van der Waals surface area contributed by atoms with Crippen LogP contribution in [0.2, 0.25) is 10.0 Å². The molecule has 2 heterocycles. The Morgan fingerprint density at radius 3 is 2.64 bits per heavy atom. The highest BCUT2D eigenvalue weighted by atomic mass is 35.5. The Morgan fingerprint density at radius 1 is 1.14 bits per heavy atom. The predicted molar refractivity (Wildman–Crippen MR) is 108 cm³/mol. The molecular formula is C19H12Cl2N3O3S. The number of rotatable bonds is 4. The van der Waals surface area contributed by atoms with Crippen molar-refractivity contribution >= 4 is 49.6 Å². The third-order valence-corrected chi connectivity index (χ3v) is 6.56. The number of H-pyrrole nitrogens is 1. The van der Waals surface area contributed by atoms with Gasteiger partial charge in [-0.2, -0.15) is 0 Å². The highest BCUT2D eigenvalue weighted by molar-refractivity contribution is 7.91. The number of pyridine rings is 1. The third kappa shape index (κ3) is 3.17. The molecule has 1 radical (unpaired) electrons. The van der Waals surface area contributed by atoms with Crippen LogP contribution in [-0.4, -0.2) is 18.4 Å². The molecule has 0 spiro atoms. The van der Waals surface area contributed by atoms with E-state index in [1.807, 2.05) is 0 Å². The van der Waals surface area contributed by atoms with Gasteiger partial charge in [0.2, 0.25) is 9.84 Å². The van der Waals surface area contributed by atoms with Crippen LogP contribution in [0.5, 0.6) is 11.5 Å². The Morgan fingerprint density at radius 2 is 1.89 bits per heavy atom. The highest BCUT2D eigenvalue weighted by Gasteiger charge is 2.22. The maximum Gasteiger partial charge on any atom is 0.208 e. The Bertz CT molecular complexity index is 1290. The van der Waals surface area contributed by atoms with Gasteiger partial charge < -0.3 is 15.5 Å². The third-order valence-electron chi connectivity index (χ3n) is 4.09. The summed E-state index contributed by atoms with van der Waals surface area (Å²) in [4.78, 5) is 7.08. The van der Waals surface area contributed by atoms with Gasteiger partial charge in [0, 0.05) is 35.6 Å². The van der Waals surface area contributed by atoms with Crippen LogP contribution in [0.15, 0.2) is 64.8 Å². The van der Waals surface area contributed by atoms with Gasteiger partial charge in [-0.15, -0.1) is 0 Å². The molecule has 0 atom stereocenters. The van der Waals surface area contributed by atoms with Crippen molar-refractivity contribution in [1.29, 1.82) is 0 Å². The zero-order valence-electron chi connectivity index (χ0n) is 14.1. The van der Waals surface area contributed by atoms with Gasteiger partial charge in [0.15, 0.2) is 5.75 Å². The van der Waals surface area contributed by atoms with Crippen molar-refractivity contribution in [3.63, 3.8) is 0 Å². The molecule has 4 rings (SSSR count). The van der Waals surface area contributed by atoms with Gasteiger partial charge in [-0.3, -0.25) is 4.98 Å². The zero-order chi connectivity index (χ0) is 19.9. The maximum absolute atomic E-state index is 13.0. The molecular weight excluding hydrogens is 421 g/mol. The molecule has 0 amide bonds. The lowest BCUT2D eigenvalue weighted by Gasteiger charge is -2.11. The van der Waals surface area contributed by atoms with E-state index < -0.39 is 9.84 Å². The molecule has 0 aliphatic rings. The second-order valence-electron chi connectivity index (χ2n) is 5.84. The van der Waals surface area contributed by atoms with Gasteiger partial charge in [0.1, 0.15) is 10.8 Å². The number of benzene rings is 2. The number of nitrogen functional groups attached to an aromatic ring is 1. The number of nitrogens with one attached hydrogen (secondary N) is 1. The van der Waals surface area contributed by atoms with Crippen molar-refractivity contribution in [3.8, 4) is 11.5 Å². The first kappa shape index (κ1) is 18.6. The lowest BCUT2D eigenvalue weighted by Crippen LogP contribution is -2.01. The van der Waals surface area contributed by atoms with Crippen LogP contribution in [0.25, 0.3) is 10.9 Å². The first-order valence-corrected chi connectivity index (χ1v) is 10.2. The van der Waals surface area contributed by atoms with Crippen LogP contribution in [0.3, 0.4) is 0 Å². The summed E-state index contributed by atoms with van der Waals surface area (Å²) in [7, 11) is -3.74. The minimum Gasteiger partial charge on any atom is -0.454 e. The van der Waals surface area contributed by atoms with Gasteiger partial charge in [0.05, 0.1) is 20.5 Å². The molecule has 4 aromatic rings. The molecule has 6 nitrogen and oxygen atoms in total. The number of sulfone groups is 1. The first-order chi connectivity index (χ1) is 13.4. The average Bonchev–Trinajstić information content (AvgIpc) is 3.13. The van der Waals surface area contributed by atoms with Crippen molar-refractivity contribution < 1.29 is 13.2 Å². The molecule has 0 unspecified atom stereocenters. The highest BCUT2D eigenvalue weighted by Crippen LogP contribution is 2.40. The molecule has 2 aromatic carbocycles. The minimum absolute atomic E-state index is 0.122. The molecule has 0 aliphatic carbocycles. The number of hydrogen-bond donors (Lipinski definition) is 2. The number of aromatic nitrogens is 2. The van der Waals surface area contributed by atoms with E-state index in [1.54, 1.807) is 18.2 Å². The van der Waals surface area contributed by atoms with E-state index in [2.05, 4.69) is 16.0 Å². The first-order valence-electron chi connectivity index (χ1n) is 7.97. The summed E-state index contributed by atoms with van der Waals surface area (Å²) in [5.74, 6) is 0.528. The van der Waals surface area contributed by atoms with Crippen LogP contribution in [-0.2, 0) is 9.84 Å². The molecule has 3 N–H and O–H groups in total. The fraction of sp³-hybridized carbons (Fsp3) is 0. The Labute approximate surface area is 170 Å². The zero-order valence-corrected chi connectivity index (χ0v) is 16.4. The Balaban J connectivity index is 1.81. The summed E-state index contributed by atoms with van der Waals surface area (Å²) < 4.78 is 31.7. The second kappa shape index (κ2) is 7.01. The summed E-state index contributed by atoms with van der Waals surface area (Å²) in [6.07, 6.45) is 4.30. The number of halogens is 2. The van der Waals surface area contributed by atoms with Gasteiger partial charge >= 0.3 is 0 Å². The predicted octanol–water partition coefficient (Wildman–Crippen LogP) is 4.88. The number of anilines is 1. The Hall–Kier alpha value is -2.74. The van der Waals surface area contributed by atoms with E-state index in [4.69, 9.17) is 33.7 Å². The summed E-state index contributed by atoms with van der Waals surface area (Å²) >= 11 is 12.3. The number of fused-ring (bicyclic) bond motifs is 1. The van der Waals surface area contributed by atoms with Crippen LogP contribution in [0.1, 0.15) is 0 Å². The molecule has 141 valence electrons. The van der Waals surface area contributed by atoms with Crippen LogP contribution in [0, 0.1) is 6.07 Å². The molecule has 0 fully saturated rings. The number of nitrogens with zero attached hydrogens (tertiary/aromatic N) is 1. The van der Waals surface area contributed by atoms with E-state index in [9.17, 15) is 8.42 Å². The standard InChI is InChI=1S/C19H12Cl2N3O3S/c20-14-2-3-15(22)18(21)19(14)27-11-1-4-16-13(9-11)17(10-24-16)28(25,26)12-5-7-23-8-6-12/h1-2,4-10,24H,22H2. The number of ether oxygens (including phenoxy) is 1. The summed E-state index contributed by atoms with van der Waals surface area (Å²) in [5, 5.41) is 0.835. The Kier molecular flexibility index (Phi) is 4.66. The van der Waals surface area contributed by atoms with E-state index in [-0.39, 0.29) is 31.3 Å². The van der Waals surface area contributed by atoms with Crippen molar-refractivity contribution in [3.05, 3.63) is 71.1 Å². The topological polar surface area (TPSA) is 98.1 Å². The molecule has 0 aliphatic heterocycles. The summed E-state index contributed by atoms with van der Waals surface area (Å²) in [5.41, 5.74) is 6.58. The number of hydrogen-bond acceptors (Lipinski definition) is 5. The van der Waals surface area contributed by atoms with E-state index in [0.717, 1.165) is 0 Å². The number of aromatic amines is 1. The maximum atomic E-state index is 13.0. The smallest absolute Gasteiger partial charge is 0.208 e. The van der Waals surface area contributed by atoms with E-state index in [1.165, 1.54) is 36.8 Å². The fourth-order valence-electron chi connectivity index (χ4n) is 2.71. The monoisotopic (exact) mass is 432 g/mol. The lowest BCUT2D eigenvalue weighted by molar-refractivity contribution is 0.484. The van der Waals surface area contributed by atoms with Crippen LogP contribution >= 0.6 is 23.2 Å². The SMILES string of the molecule is Nc1[c]cc(Cl)c(Oc2ccc3[nH]cc(S(=O)(=O)c4ccncc4)c3c2)c1Cl. The molecule has 0 bridgehead atoms. The van der Waals surface area contributed by atoms with E-state index in [0.29, 0.717) is 16.7 Å². The van der Waals surface area contributed by atoms with Crippen molar-refractivity contribution in [1.82, 2.24) is 9.97 Å². The average molecular weight is 433 g/mol. The van der Waals surface area contributed by atoms with Crippen molar-refractivity contribution in [2.24, 2.45) is 0 Å². The summed E-state index contributed by atoms with van der Waals surface area (Å²) in [6.45, 7) is 0. The molecule has 0 saturated carbocycles. The minimum atomic E-state index is -3.74.